The first-order chi connectivity index (χ1) is 11.5. The van der Waals surface area contributed by atoms with Gasteiger partial charge in [-0.1, -0.05) is 24.3 Å². The lowest BCUT2D eigenvalue weighted by Crippen LogP contribution is -2.38. The van der Waals surface area contributed by atoms with Crippen LogP contribution < -0.4 is 4.90 Å². The van der Waals surface area contributed by atoms with Gasteiger partial charge in [-0.15, -0.1) is 0 Å². The van der Waals surface area contributed by atoms with Crippen LogP contribution in [0.4, 0.5) is 14.5 Å². The molecule has 1 unspecified atom stereocenters. The number of hydrogen-bond donors (Lipinski definition) is 0. The molecule has 1 amide bonds. The van der Waals surface area contributed by atoms with Gasteiger partial charge in [0.15, 0.2) is 6.61 Å². The molecular formula is C18H15F2NO3. The molecule has 0 spiro atoms. The van der Waals surface area contributed by atoms with Crippen molar-refractivity contribution in [3.63, 3.8) is 0 Å². The molecule has 0 saturated heterocycles. The Bertz CT molecular complexity index is 786. The molecule has 124 valence electrons. The highest BCUT2D eigenvalue weighted by Crippen LogP contribution is 2.31. The predicted octanol–water partition coefficient (Wildman–Crippen LogP) is 3.10. The van der Waals surface area contributed by atoms with Gasteiger partial charge in [-0.3, -0.25) is 4.79 Å². The first-order valence-electron chi connectivity index (χ1n) is 7.50. The zero-order valence-electron chi connectivity index (χ0n) is 13.0. The summed E-state index contributed by atoms with van der Waals surface area (Å²) in [6.45, 7) is 1.31. The number of hydrogen-bond acceptors (Lipinski definition) is 3. The number of nitrogens with zero attached hydrogens (tertiary/aromatic N) is 1. The summed E-state index contributed by atoms with van der Waals surface area (Å²) in [5.74, 6) is -3.67. The SMILES string of the molecule is CC1Cc2ccccc2N1C(=O)COC(=O)c1c(F)cccc1F. The zero-order chi connectivity index (χ0) is 17.3. The fourth-order valence-electron chi connectivity index (χ4n) is 2.91. The number of carbonyl (C=O) groups is 2. The van der Waals surface area contributed by atoms with Crippen molar-refractivity contribution >= 4 is 17.6 Å². The number of carbonyl (C=O) groups excluding carboxylic acids is 2. The highest BCUT2D eigenvalue weighted by atomic mass is 19.1. The molecule has 2 aromatic rings. The smallest absolute Gasteiger partial charge is 0.344 e. The van der Waals surface area contributed by atoms with Gasteiger partial charge in [0, 0.05) is 11.7 Å². The summed E-state index contributed by atoms with van der Waals surface area (Å²) in [5, 5.41) is 0. The van der Waals surface area contributed by atoms with Crippen molar-refractivity contribution in [3.05, 3.63) is 65.2 Å². The van der Waals surface area contributed by atoms with E-state index in [2.05, 4.69) is 0 Å². The summed E-state index contributed by atoms with van der Waals surface area (Å²) in [4.78, 5) is 25.8. The summed E-state index contributed by atoms with van der Waals surface area (Å²) in [5.41, 5.74) is 1.01. The molecule has 1 atom stereocenters. The predicted molar refractivity (Wildman–Crippen MR) is 83.7 cm³/mol. The molecule has 1 heterocycles. The van der Waals surface area contributed by atoms with Crippen molar-refractivity contribution in [1.82, 2.24) is 0 Å². The summed E-state index contributed by atoms with van der Waals surface area (Å²) >= 11 is 0. The van der Waals surface area contributed by atoms with Crippen molar-refractivity contribution in [1.29, 1.82) is 0 Å². The highest BCUT2D eigenvalue weighted by molar-refractivity contribution is 5.99. The van der Waals surface area contributed by atoms with E-state index in [0.717, 1.165) is 29.4 Å². The van der Waals surface area contributed by atoms with Gasteiger partial charge in [0.2, 0.25) is 0 Å². The maximum absolute atomic E-state index is 13.5. The maximum atomic E-state index is 13.5. The number of rotatable bonds is 3. The lowest BCUT2D eigenvalue weighted by molar-refractivity contribution is -0.122. The van der Waals surface area contributed by atoms with Crippen molar-refractivity contribution in [2.24, 2.45) is 0 Å². The van der Waals surface area contributed by atoms with Crippen LogP contribution in [0.1, 0.15) is 22.8 Å². The topological polar surface area (TPSA) is 46.6 Å². The van der Waals surface area contributed by atoms with E-state index in [1.165, 1.54) is 0 Å². The first kappa shape index (κ1) is 16.1. The number of para-hydroxylation sites is 1. The van der Waals surface area contributed by atoms with Crippen molar-refractivity contribution in [3.8, 4) is 0 Å². The third-order valence-electron chi connectivity index (χ3n) is 3.97. The standard InChI is InChI=1S/C18H15F2NO3/c1-11-9-12-5-2-3-8-15(12)21(11)16(22)10-24-18(23)17-13(19)6-4-7-14(17)20/h2-8,11H,9-10H2,1H3. The van der Waals surface area contributed by atoms with Crippen LogP contribution in [0.15, 0.2) is 42.5 Å². The van der Waals surface area contributed by atoms with Crippen molar-refractivity contribution < 1.29 is 23.1 Å². The molecule has 6 heteroatoms. The average molecular weight is 331 g/mol. The number of benzene rings is 2. The van der Waals surface area contributed by atoms with E-state index in [4.69, 9.17) is 4.74 Å². The Hall–Kier alpha value is -2.76. The molecule has 0 aliphatic carbocycles. The van der Waals surface area contributed by atoms with E-state index in [9.17, 15) is 18.4 Å². The van der Waals surface area contributed by atoms with E-state index in [0.29, 0.717) is 6.42 Å². The molecule has 3 rings (SSSR count). The molecule has 2 aromatic carbocycles. The molecule has 0 aromatic heterocycles. The van der Waals surface area contributed by atoms with Gasteiger partial charge in [0.1, 0.15) is 17.2 Å². The Morgan fingerprint density at radius 3 is 2.50 bits per heavy atom. The van der Waals surface area contributed by atoms with E-state index < -0.39 is 35.7 Å². The average Bonchev–Trinajstić information content (AvgIpc) is 2.88. The van der Waals surface area contributed by atoms with Gasteiger partial charge < -0.3 is 9.64 Å². The summed E-state index contributed by atoms with van der Waals surface area (Å²) < 4.78 is 31.9. The molecule has 1 aliphatic rings. The lowest BCUT2D eigenvalue weighted by Gasteiger charge is -2.22. The second-order valence-corrected chi connectivity index (χ2v) is 5.62. The van der Waals surface area contributed by atoms with Crippen LogP contribution in [-0.2, 0) is 16.0 Å². The van der Waals surface area contributed by atoms with E-state index in [1.807, 2.05) is 31.2 Å². The number of halogens is 2. The molecule has 0 radical (unpaired) electrons. The molecule has 24 heavy (non-hydrogen) atoms. The summed E-state index contributed by atoms with van der Waals surface area (Å²) in [6.07, 6.45) is 0.706. The Morgan fingerprint density at radius 2 is 1.79 bits per heavy atom. The van der Waals surface area contributed by atoms with E-state index in [1.54, 1.807) is 4.90 Å². The van der Waals surface area contributed by atoms with Crippen LogP contribution >= 0.6 is 0 Å². The number of fused-ring (bicyclic) bond motifs is 1. The number of ether oxygens (including phenoxy) is 1. The van der Waals surface area contributed by atoms with E-state index >= 15 is 0 Å². The number of anilines is 1. The van der Waals surface area contributed by atoms with Gasteiger partial charge in [0.05, 0.1) is 0 Å². The second kappa shape index (κ2) is 6.39. The minimum Gasteiger partial charge on any atom is -0.452 e. The van der Waals surface area contributed by atoms with Crippen molar-refractivity contribution in [2.45, 2.75) is 19.4 Å². The summed E-state index contributed by atoms with van der Waals surface area (Å²) in [7, 11) is 0. The fourth-order valence-corrected chi connectivity index (χ4v) is 2.91. The van der Waals surface area contributed by atoms with Crippen LogP contribution in [-0.4, -0.2) is 24.5 Å². The monoisotopic (exact) mass is 331 g/mol. The zero-order valence-corrected chi connectivity index (χ0v) is 13.0. The first-order valence-corrected chi connectivity index (χ1v) is 7.50. The third kappa shape index (κ3) is 2.87. The Labute approximate surface area is 137 Å². The van der Waals surface area contributed by atoms with Gasteiger partial charge in [-0.25, -0.2) is 13.6 Å². The molecule has 0 N–H and O–H groups in total. The fraction of sp³-hybridized carbons (Fsp3) is 0.222. The van der Waals surface area contributed by atoms with Crippen LogP contribution in [0.5, 0.6) is 0 Å². The molecule has 1 aliphatic heterocycles. The Morgan fingerprint density at radius 1 is 1.12 bits per heavy atom. The van der Waals surface area contributed by atoms with Crippen molar-refractivity contribution in [2.75, 3.05) is 11.5 Å². The second-order valence-electron chi connectivity index (χ2n) is 5.62. The number of esters is 1. The molecule has 0 fully saturated rings. The lowest BCUT2D eigenvalue weighted by atomic mass is 10.1. The van der Waals surface area contributed by atoms with E-state index in [-0.39, 0.29) is 6.04 Å². The van der Waals surface area contributed by atoms with Gasteiger partial charge in [-0.2, -0.15) is 0 Å². The maximum Gasteiger partial charge on any atom is 0.344 e. The van der Waals surface area contributed by atoms with Crippen LogP contribution in [0.25, 0.3) is 0 Å². The quantitative estimate of drug-likeness (QED) is 0.812. The molecule has 0 bridgehead atoms. The molecular weight excluding hydrogens is 316 g/mol. The summed E-state index contributed by atoms with van der Waals surface area (Å²) in [6, 6.07) is 10.4. The van der Waals surface area contributed by atoms with Gasteiger partial charge in [-0.05, 0) is 37.1 Å². The third-order valence-corrected chi connectivity index (χ3v) is 3.97. The number of amides is 1. The van der Waals surface area contributed by atoms with Gasteiger partial charge >= 0.3 is 5.97 Å². The highest BCUT2D eigenvalue weighted by Gasteiger charge is 2.31. The Kier molecular flexibility index (Phi) is 4.29. The Balaban J connectivity index is 1.71. The normalized spacial score (nSPS) is 16.0. The molecule has 0 saturated carbocycles. The minimum absolute atomic E-state index is 0.0706. The largest absolute Gasteiger partial charge is 0.452 e. The van der Waals surface area contributed by atoms with Gasteiger partial charge in [0.25, 0.3) is 5.91 Å². The van der Waals surface area contributed by atoms with Crippen LogP contribution in [0.3, 0.4) is 0 Å². The van der Waals surface area contributed by atoms with Crippen LogP contribution in [0.2, 0.25) is 0 Å². The minimum atomic E-state index is -1.20. The molecule has 4 nitrogen and oxygen atoms in total. The van der Waals surface area contributed by atoms with Crippen LogP contribution in [0, 0.1) is 11.6 Å².